The Kier molecular flexibility index (Phi) is 4.34. The second-order valence-electron chi connectivity index (χ2n) is 6.23. The van der Waals surface area contributed by atoms with Gasteiger partial charge in [-0.3, -0.25) is 9.59 Å². The summed E-state index contributed by atoms with van der Waals surface area (Å²) in [5.74, 6) is -0.599. The zero-order valence-electron chi connectivity index (χ0n) is 13.7. The molecule has 2 aromatic rings. The van der Waals surface area contributed by atoms with E-state index in [2.05, 4.69) is 5.32 Å². The highest BCUT2D eigenvalue weighted by atomic mass is 19.1. The topological polar surface area (TPSA) is 49.4 Å². The Bertz CT molecular complexity index is 766. The van der Waals surface area contributed by atoms with E-state index in [-0.39, 0.29) is 30.1 Å². The van der Waals surface area contributed by atoms with Crippen molar-refractivity contribution in [2.24, 2.45) is 0 Å². The number of benzene rings is 2. The maximum atomic E-state index is 13.0. The third-order valence-corrected chi connectivity index (χ3v) is 4.08. The number of anilines is 1. The molecular formula is C19H19FN2O2. The molecule has 4 nitrogen and oxygen atoms in total. The van der Waals surface area contributed by atoms with Crippen LogP contribution in [0.4, 0.5) is 10.1 Å². The summed E-state index contributed by atoms with van der Waals surface area (Å²) in [5.41, 5.74) is 3.29. The van der Waals surface area contributed by atoms with Gasteiger partial charge in [0.15, 0.2) is 0 Å². The molecule has 0 aromatic heterocycles. The molecule has 0 unspecified atom stereocenters. The standard InChI is InChI=1S/C19H19FN2O2/c1-12-7-13(2)9-14(8-12)19(24)21-16-10-18(23)22(11-16)17-5-3-15(20)4-6-17/h3-9,16H,10-11H2,1-2H3,(H,21,24)/t16-/m0/s1. The quantitative estimate of drug-likeness (QED) is 0.943. The van der Waals surface area contributed by atoms with Gasteiger partial charge in [-0.25, -0.2) is 4.39 Å². The minimum absolute atomic E-state index is 0.0765. The first-order valence-electron chi connectivity index (χ1n) is 7.87. The van der Waals surface area contributed by atoms with Gasteiger partial charge in [0.2, 0.25) is 5.91 Å². The number of hydrogen-bond acceptors (Lipinski definition) is 2. The summed E-state index contributed by atoms with van der Waals surface area (Å²) in [6.07, 6.45) is 0.244. The minimum Gasteiger partial charge on any atom is -0.347 e. The molecule has 1 aliphatic rings. The third-order valence-electron chi connectivity index (χ3n) is 4.08. The van der Waals surface area contributed by atoms with E-state index in [9.17, 15) is 14.0 Å². The maximum Gasteiger partial charge on any atom is 0.251 e. The van der Waals surface area contributed by atoms with Crippen LogP contribution in [0.3, 0.4) is 0 Å². The van der Waals surface area contributed by atoms with Crippen molar-refractivity contribution in [3.05, 3.63) is 65.0 Å². The summed E-state index contributed by atoms with van der Waals surface area (Å²) in [6, 6.07) is 11.2. The average Bonchev–Trinajstić information content (AvgIpc) is 2.87. The van der Waals surface area contributed by atoms with E-state index in [0.717, 1.165) is 11.1 Å². The summed E-state index contributed by atoms with van der Waals surface area (Å²) in [5, 5.41) is 2.92. The van der Waals surface area contributed by atoms with Crippen molar-refractivity contribution in [1.82, 2.24) is 5.32 Å². The first-order valence-corrected chi connectivity index (χ1v) is 7.87. The first-order chi connectivity index (χ1) is 11.4. The molecule has 2 amide bonds. The molecule has 1 saturated heterocycles. The van der Waals surface area contributed by atoms with E-state index >= 15 is 0 Å². The third kappa shape index (κ3) is 3.45. The van der Waals surface area contributed by atoms with Gasteiger partial charge in [-0.15, -0.1) is 0 Å². The summed E-state index contributed by atoms with van der Waals surface area (Å²) in [7, 11) is 0. The van der Waals surface area contributed by atoms with Gasteiger partial charge >= 0.3 is 0 Å². The number of rotatable bonds is 3. The molecule has 1 heterocycles. The Morgan fingerprint density at radius 1 is 1.12 bits per heavy atom. The molecule has 5 heteroatoms. The van der Waals surface area contributed by atoms with Crippen molar-refractivity contribution in [2.45, 2.75) is 26.3 Å². The van der Waals surface area contributed by atoms with Gasteiger partial charge in [-0.2, -0.15) is 0 Å². The zero-order chi connectivity index (χ0) is 17.3. The average molecular weight is 326 g/mol. The number of nitrogens with zero attached hydrogens (tertiary/aromatic N) is 1. The van der Waals surface area contributed by atoms with Gasteiger partial charge in [-0.1, -0.05) is 17.2 Å². The fraction of sp³-hybridized carbons (Fsp3) is 0.263. The van der Waals surface area contributed by atoms with Gasteiger partial charge in [0.25, 0.3) is 5.91 Å². The van der Waals surface area contributed by atoms with Crippen LogP contribution in [-0.2, 0) is 4.79 Å². The van der Waals surface area contributed by atoms with Gasteiger partial charge in [-0.05, 0) is 50.2 Å². The smallest absolute Gasteiger partial charge is 0.251 e. The number of amides is 2. The van der Waals surface area contributed by atoms with E-state index in [4.69, 9.17) is 0 Å². The van der Waals surface area contributed by atoms with Crippen LogP contribution >= 0.6 is 0 Å². The lowest BCUT2D eigenvalue weighted by Gasteiger charge is -2.17. The van der Waals surface area contributed by atoms with Crippen LogP contribution in [0.25, 0.3) is 0 Å². The van der Waals surface area contributed by atoms with Crippen LogP contribution in [0.2, 0.25) is 0 Å². The summed E-state index contributed by atoms with van der Waals surface area (Å²) < 4.78 is 13.0. The number of hydrogen-bond donors (Lipinski definition) is 1. The van der Waals surface area contributed by atoms with Crippen LogP contribution in [-0.4, -0.2) is 24.4 Å². The van der Waals surface area contributed by atoms with Crippen molar-refractivity contribution < 1.29 is 14.0 Å². The van der Waals surface area contributed by atoms with Crippen LogP contribution in [0.5, 0.6) is 0 Å². The highest BCUT2D eigenvalue weighted by Gasteiger charge is 2.31. The molecule has 0 bridgehead atoms. The molecule has 1 aliphatic heterocycles. The minimum atomic E-state index is -0.343. The lowest BCUT2D eigenvalue weighted by atomic mass is 10.1. The van der Waals surface area contributed by atoms with Crippen LogP contribution in [0.15, 0.2) is 42.5 Å². The lowest BCUT2D eigenvalue weighted by molar-refractivity contribution is -0.117. The number of aryl methyl sites for hydroxylation is 2. The van der Waals surface area contributed by atoms with Crippen molar-refractivity contribution in [1.29, 1.82) is 0 Å². The Hall–Kier alpha value is -2.69. The van der Waals surface area contributed by atoms with Crippen LogP contribution in [0.1, 0.15) is 27.9 Å². The van der Waals surface area contributed by atoms with Crippen LogP contribution < -0.4 is 10.2 Å². The van der Waals surface area contributed by atoms with E-state index in [1.54, 1.807) is 17.0 Å². The second kappa shape index (κ2) is 6.43. The first kappa shape index (κ1) is 16.2. The Balaban J connectivity index is 1.69. The molecule has 2 aromatic carbocycles. The van der Waals surface area contributed by atoms with Gasteiger partial charge in [0.1, 0.15) is 5.82 Å². The number of carbonyl (C=O) groups is 2. The molecular weight excluding hydrogens is 307 g/mol. The molecule has 124 valence electrons. The summed E-state index contributed by atoms with van der Waals surface area (Å²) in [4.78, 5) is 26.2. The van der Waals surface area contributed by atoms with Crippen molar-refractivity contribution >= 4 is 17.5 Å². The molecule has 0 saturated carbocycles. The Morgan fingerprint density at radius 2 is 1.75 bits per heavy atom. The number of nitrogens with one attached hydrogen (secondary N) is 1. The Morgan fingerprint density at radius 3 is 2.38 bits per heavy atom. The predicted molar refractivity (Wildman–Crippen MR) is 90.5 cm³/mol. The predicted octanol–water partition coefficient (Wildman–Crippen LogP) is 2.98. The molecule has 1 fully saturated rings. The summed E-state index contributed by atoms with van der Waals surface area (Å²) in [6.45, 7) is 4.28. The molecule has 0 aliphatic carbocycles. The van der Waals surface area contributed by atoms with Gasteiger partial charge in [0.05, 0.1) is 6.04 Å². The Labute approximate surface area is 140 Å². The monoisotopic (exact) mass is 326 g/mol. The van der Waals surface area contributed by atoms with Crippen molar-refractivity contribution in [3.63, 3.8) is 0 Å². The second-order valence-corrected chi connectivity index (χ2v) is 6.23. The molecule has 0 radical (unpaired) electrons. The molecule has 1 N–H and O–H groups in total. The molecule has 3 rings (SSSR count). The van der Waals surface area contributed by atoms with E-state index in [1.807, 2.05) is 32.0 Å². The van der Waals surface area contributed by atoms with E-state index in [1.165, 1.54) is 12.1 Å². The zero-order valence-corrected chi connectivity index (χ0v) is 13.7. The van der Waals surface area contributed by atoms with Crippen molar-refractivity contribution in [3.8, 4) is 0 Å². The highest BCUT2D eigenvalue weighted by Crippen LogP contribution is 2.22. The summed E-state index contributed by atoms with van der Waals surface area (Å²) >= 11 is 0. The normalized spacial score (nSPS) is 17.2. The van der Waals surface area contributed by atoms with Gasteiger partial charge < -0.3 is 10.2 Å². The van der Waals surface area contributed by atoms with E-state index in [0.29, 0.717) is 17.8 Å². The largest absolute Gasteiger partial charge is 0.347 e. The number of carbonyl (C=O) groups excluding carboxylic acids is 2. The maximum absolute atomic E-state index is 13.0. The molecule has 1 atom stereocenters. The van der Waals surface area contributed by atoms with E-state index < -0.39 is 0 Å². The molecule has 0 spiro atoms. The fourth-order valence-electron chi connectivity index (χ4n) is 3.05. The van der Waals surface area contributed by atoms with Crippen LogP contribution in [0, 0.1) is 19.7 Å². The lowest BCUT2D eigenvalue weighted by Crippen LogP contribution is -2.37. The highest BCUT2D eigenvalue weighted by molar-refractivity contribution is 5.99. The fourth-order valence-corrected chi connectivity index (χ4v) is 3.05. The van der Waals surface area contributed by atoms with Crippen molar-refractivity contribution in [2.75, 3.05) is 11.4 Å². The molecule has 24 heavy (non-hydrogen) atoms. The number of halogens is 1. The SMILES string of the molecule is Cc1cc(C)cc(C(=O)N[C@H]2CC(=O)N(c3ccc(F)cc3)C2)c1. The van der Waals surface area contributed by atoms with Gasteiger partial charge in [0, 0.05) is 24.2 Å².